The van der Waals surface area contributed by atoms with E-state index in [1.165, 1.54) is 0 Å². The summed E-state index contributed by atoms with van der Waals surface area (Å²) in [5, 5.41) is 0.489. The maximum atomic E-state index is 11.7. The number of sulfone groups is 1. The van der Waals surface area contributed by atoms with E-state index < -0.39 is 21.7 Å². The number of nitrogens with one attached hydrogen (secondary N) is 2. The van der Waals surface area contributed by atoms with Crippen LogP contribution in [-0.2, 0) is 19.4 Å². The Morgan fingerprint density at radius 3 is 2.65 bits per heavy atom. The third-order valence-electron chi connectivity index (χ3n) is 3.31. The Balaban J connectivity index is 1.67. The summed E-state index contributed by atoms with van der Waals surface area (Å²) in [5.41, 5.74) is 4.46. The van der Waals surface area contributed by atoms with E-state index in [2.05, 4.69) is 10.9 Å². The molecule has 1 heterocycles. The predicted molar refractivity (Wildman–Crippen MR) is 84.6 cm³/mol. The molecular formula is C14H17ClN2O5S. The van der Waals surface area contributed by atoms with Crippen LogP contribution in [0.3, 0.4) is 0 Å². The molecule has 9 heteroatoms. The Morgan fingerprint density at radius 1 is 1.26 bits per heavy atom. The molecule has 23 heavy (non-hydrogen) atoms. The van der Waals surface area contributed by atoms with E-state index in [9.17, 15) is 18.0 Å². The highest BCUT2D eigenvalue weighted by molar-refractivity contribution is 7.91. The zero-order valence-corrected chi connectivity index (χ0v) is 13.8. The van der Waals surface area contributed by atoms with Gasteiger partial charge in [0.1, 0.15) is 5.75 Å². The van der Waals surface area contributed by atoms with Gasteiger partial charge >= 0.3 is 0 Å². The average molecular weight is 361 g/mol. The van der Waals surface area contributed by atoms with Gasteiger partial charge in [0.05, 0.1) is 11.5 Å². The predicted octanol–water partition coefficient (Wildman–Crippen LogP) is 0.691. The van der Waals surface area contributed by atoms with Crippen LogP contribution in [0.1, 0.15) is 12.8 Å². The molecule has 1 fully saturated rings. The van der Waals surface area contributed by atoms with Gasteiger partial charge in [-0.05, 0) is 30.5 Å². The van der Waals surface area contributed by atoms with Gasteiger partial charge in [-0.3, -0.25) is 20.4 Å². The van der Waals surface area contributed by atoms with Crippen LogP contribution in [0.15, 0.2) is 24.3 Å². The zero-order chi connectivity index (χ0) is 16.9. The molecule has 2 N–H and O–H groups in total. The first-order valence-corrected chi connectivity index (χ1v) is 9.20. The summed E-state index contributed by atoms with van der Waals surface area (Å²) in [5.74, 6) is -0.577. The lowest BCUT2D eigenvalue weighted by Crippen LogP contribution is -2.44. The van der Waals surface area contributed by atoms with Crippen LogP contribution in [0.25, 0.3) is 0 Å². The minimum absolute atomic E-state index is 0.0201. The van der Waals surface area contributed by atoms with Gasteiger partial charge in [0.15, 0.2) is 16.4 Å². The maximum absolute atomic E-state index is 11.7. The molecular weight excluding hydrogens is 344 g/mol. The van der Waals surface area contributed by atoms with Gasteiger partial charge in [-0.1, -0.05) is 17.7 Å². The molecule has 1 aromatic rings. The molecule has 2 rings (SSSR count). The molecule has 1 saturated heterocycles. The Hall–Kier alpha value is -1.80. The Labute approximate surface area is 139 Å². The fourth-order valence-corrected chi connectivity index (χ4v) is 4.27. The molecule has 0 unspecified atom stereocenters. The van der Waals surface area contributed by atoms with E-state index in [0.717, 1.165) is 0 Å². The van der Waals surface area contributed by atoms with Gasteiger partial charge < -0.3 is 4.74 Å². The number of ether oxygens (including phenoxy) is 1. The smallest absolute Gasteiger partial charge is 0.276 e. The van der Waals surface area contributed by atoms with E-state index in [1.54, 1.807) is 24.3 Å². The molecule has 1 aliphatic heterocycles. The standard InChI is InChI=1S/C14H17ClN2O5S/c15-11-2-1-3-12(7-11)22-8-14(19)17-16-13(18)6-10-4-5-23(20,21)9-10/h1-3,7,10H,4-6,8-9H2,(H,16,18)(H,17,19)/t10-/m0/s1. The van der Waals surface area contributed by atoms with Crippen molar-refractivity contribution in [1.29, 1.82) is 0 Å². The second-order valence-electron chi connectivity index (χ2n) is 5.32. The number of carbonyl (C=O) groups is 2. The van der Waals surface area contributed by atoms with Crippen LogP contribution in [0.4, 0.5) is 0 Å². The van der Waals surface area contributed by atoms with Gasteiger partial charge in [-0.25, -0.2) is 8.42 Å². The van der Waals surface area contributed by atoms with Crippen molar-refractivity contribution < 1.29 is 22.7 Å². The molecule has 7 nitrogen and oxygen atoms in total. The van der Waals surface area contributed by atoms with E-state index in [-0.39, 0.29) is 30.5 Å². The molecule has 1 aromatic carbocycles. The number of halogens is 1. The lowest BCUT2D eigenvalue weighted by Gasteiger charge is -2.10. The van der Waals surface area contributed by atoms with Gasteiger partial charge in [0, 0.05) is 11.4 Å². The zero-order valence-electron chi connectivity index (χ0n) is 12.2. The van der Waals surface area contributed by atoms with Crippen molar-refractivity contribution in [3.63, 3.8) is 0 Å². The molecule has 1 atom stereocenters. The quantitative estimate of drug-likeness (QED) is 0.752. The average Bonchev–Trinajstić information content (AvgIpc) is 2.82. The summed E-state index contributed by atoms with van der Waals surface area (Å²) in [6.45, 7) is -0.279. The molecule has 0 spiro atoms. The van der Waals surface area contributed by atoms with Crippen LogP contribution >= 0.6 is 11.6 Å². The van der Waals surface area contributed by atoms with E-state index in [1.807, 2.05) is 0 Å². The monoisotopic (exact) mass is 360 g/mol. The largest absolute Gasteiger partial charge is 0.484 e. The highest BCUT2D eigenvalue weighted by Crippen LogP contribution is 2.21. The summed E-state index contributed by atoms with van der Waals surface area (Å²) < 4.78 is 27.8. The highest BCUT2D eigenvalue weighted by Gasteiger charge is 2.29. The van der Waals surface area contributed by atoms with Crippen LogP contribution in [0.2, 0.25) is 5.02 Å². The number of hydrogen-bond donors (Lipinski definition) is 2. The van der Waals surface area contributed by atoms with E-state index in [0.29, 0.717) is 17.2 Å². The van der Waals surface area contributed by atoms with Gasteiger partial charge in [0.2, 0.25) is 5.91 Å². The number of rotatable bonds is 5. The van der Waals surface area contributed by atoms with E-state index >= 15 is 0 Å². The van der Waals surface area contributed by atoms with Gasteiger partial charge in [-0.15, -0.1) is 0 Å². The van der Waals surface area contributed by atoms with Crippen molar-refractivity contribution in [2.75, 3.05) is 18.1 Å². The molecule has 0 aliphatic carbocycles. The van der Waals surface area contributed by atoms with Crippen molar-refractivity contribution in [3.05, 3.63) is 29.3 Å². The lowest BCUT2D eigenvalue weighted by molar-refractivity contribution is -0.130. The third-order valence-corrected chi connectivity index (χ3v) is 5.38. The molecule has 0 aromatic heterocycles. The molecule has 0 bridgehead atoms. The minimum Gasteiger partial charge on any atom is -0.484 e. The van der Waals surface area contributed by atoms with E-state index in [4.69, 9.17) is 16.3 Å². The van der Waals surface area contributed by atoms with Crippen molar-refractivity contribution >= 4 is 33.3 Å². The highest BCUT2D eigenvalue weighted by atomic mass is 35.5. The van der Waals surface area contributed by atoms with Crippen LogP contribution in [-0.4, -0.2) is 38.3 Å². The summed E-state index contributed by atoms with van der Waals surface area (Å²) in [6.07, 6.45) is 0.538. The van der Waals surface area contributed by atoms with Crippen molar-refractivity contribution in [2.45, 2.75) is 12.8 Å². The first-order chi connectivity index (χ1) is 10.8. The Kier molecular flexibility index (Phi) is 5.84. The fourth-order valence-electron chi connectivity index (χ4n) is 2.23. The van der Waals surface area contributed by atoms with Crippen LogP contribution in [0.5, 0.6) is 5.75 Å². The van der Waals surface area contributed by atoms with Crippen LogP contribution < -0.4 is 15.6 Å². The Morgan fingerprint density at radius 2 is 2.00 bits per heavy atom. The van der Waals surface area contributed by atoms with Crippen molar-refractivity contribution in [1.82, 2.24) is 10.9 Å². The molecule has 2 amide bonds. The molecule has 1 aliphatic rings. The van der Waals surface area contributed by atoms with Gasteiger partial charge in [0.25, 0.3) is 5.91 Å². The normalized spacial score (nSPS) is 19.1. The fraction of sp³-hybridized carbons (Fsp3) is 0.429. The molecule has 0 radical (unpaired) electrons. The number of carbonyl (C=O) groups excluding carboxylic acids is 2. The third kappa shape index (κ3) is 6.07. The van der Waals surface area contributed by atoms with Crippen LogP contribution in [0, 0.1) is 5.92 Å². The van der Waals surface area contributed by atoms with Gasteiger partial charge in [-0.2, -0.15) is 0 Å². The topological polar surface area (TPSA) is 102 Å². The number of benzene rings is 1. The second kappa shape index (κ2) is 7.65. The first kappa shape index (κ1) is 17.6. The summed E-state index contributed by atoms with van der Waals surface area (Å²) in [4.78, 5) is 23.2. The summed E-state index contributed by atoms with van der Waals surface area (Å²) >= 11 is 5.78. The van der Waals surface area contributed by atoms with Crippen molar-refractivity contribution in [3.8, 4) is 5.75 Å². The minimum atomic E-state index is -3.01. The molecule has 126 valence electrons. The number of amides is 2. The van der Waals surface area contributed by atoms with Crippen molar-refractivity contribution in [2.24, 2.45) is 5.92 Å². The number of hydrogen-bond acceptors (Lipinski definition) is 5. The molecule has 0 saturated carbocycles. The Bertz CT molecular complexity index is 692. The maximum Gasteiger partial charge on any atom is 0.276 e. The second-order valence-corrected chi connectivity index (χ2v) is 7.98. The lowest BCUT2D eigenvalue weighted by atomic mass is 10.1. The first-order valence-electron chi connectivity index (χ1n) is 7.00. The number of hydrazine groups is 1. The summed E-state index contributed by atoms with van der Waals surface area (Å²) in [6, 6.07) is 6.58. The summed E-state index contributed by atoms with van der Waals surface area (Å²) in [7, 11) is -3.01. The SMILES string of the molecule is O=C(COc1cccc(Cl)c1)NNC(=O)C[C@@H]1CCS(=O)(=O)C1.